The maximum absolute atomic E-state index is 13.4. The molecule has 2 amide bonds. The Balaban J connectivity index is 1.39. The fourth-order valence-corrected chi connectivity index (χ4v) is 5.19. The van der Waals surface area contributed by atoms with Crippen LogP contribution in [0.2, 0.25) is 0 Å². The molecule has 0 spiro atoms. The first-order chi connectivity index (χ1) is 20.3. The first kappa shape index (κ1) is 30.3. The molecule has 0 saturated heterocycles. The maximum atomic E-state index is 13.4. The molecular weight excluding hydrogens is 552 g/mol. The third-order valence-corrected chi connectivity index (χ3v) is 7.52. The van der Waals surface area contributed by atoms with Gasteiger partial charge in [-0.3, -0.25) is 9.59 Å². The number of rotatable bonds is 12. The van der Waals surface area contributed by atoms with Crippen molar-refractivity contribution in [1.82, 2.24) is 10.2 Å². The fraction of sp³-hybridized carbons (Fsp3) is 0.188. The number of carbonyl (C=O) groups excluding carboxylic acids is 2. The summed E-state index contributed by atoms with van der Waals surface area (Å²) in [6, 6.07) is 27.1. The van der Waals surface area contributed by atoms with Crippen molar-refractivity contribution in [2.24, 2.45) is 0 Å². The van der Waals surface area contributed by atoms with Crippen LogP contribution in [-0.2, 0) is 11.4 Å². The molecule has 0 bridgehead atoms. The minimum Gasteiger partial charge on any atom is -0.588 e. The van der Waals surface area contributed by atoms with E-state index in [2.05, 4.69) is 15.4 Å². The van der Waals surface area contributed by atoms with E-state index in [1.807, 2.05) is 48.5 Å². The van der Waals surface area contributed by atoms with Gasteiger partial charge in [0.1, 0.15) is 17.1 Å². The molecule has 0 aliphatic heterocycles. The SMILES string of the molecule is COc1ccc(C(=O)NCCNc2cccc(N[S+]([O-])c3cc(-c4cccc(C(=O)N(C)C)c4)ccc3OC)c2)cc1. The van der Waals surface area contributed by atoms with E-state index >= 15 is 0 Å². The lowest BCUT2D eigenvalue weighted by Crippen LogP contribution is -2.28. The molecule has 0 aromatic heterocycles. The van der Waals surface area contributed by atoms with E-state index in [9.17, 15) is 14.1 Å². The topological polar surface area (TPSA) is 115 Å². The standard InChI is InChI=1S/C32H34N4O5S/c1-36(2)32(38)25-8-5-7-23(19-25)24-13-16-29(41-4)30(20-24)42(39)35-27-10-6-9-26(21-27)33-17-18-34-31(37)22-11-14-28(40-3)15-12-22/h5-16,19-21,33,35H,17-18H2,1-4H3,(H,34,37). The summed E-state index contributed by atoms with van der Waals surface area (Å²) in [4.78, 5) is 26.8. The smallest absolute Gasteiger partial charge is 0.253 e. The van der Waals surface area contributed by atoms with Gasteiger partial charge in [0, 0.05) is 50.1 Å². The van der Waals surface area contributed by atoms with Crippen LogP contribution in [0.15, 0.2) is 95.9 Å². The van der Waals surface area contributed by atoms with E-state index in [4.69, 9.17) is 9.47 Å². The molecule has 3 N–H and O–H groups in total. The first-order valence-electron chi connectivity index (χ1n) is 13.2. The minimum absolute atomic E-state index is 0.0936. The molecule has 0 heterocycles. The Morgan fingerprint density at radius 2 is 1.50 bits per heavy atom. The number of nitrogens with zero attached hydrogens (tertiary/aromatic N) is 1. The molecule has 0 radical (unpaired) electrons. The molecule has 9 nitrogen and oxygen atoms in total. The van der Waals surface area contributed by atoms with Gasteiger partial charge in [0.05, 0.1) is 19.9 Å². The van der Waals surface area contributed by atoms with Gasteiger partial charge in [-0.2, -0.15) is 0 Å². The quantitative estimate of drug-likeness (QED) is 0.157. The molecule has 0 saturated carbocycles. The van der Waals surface area contributed by atoms with Gasteiger partial charge in [0.25, 0.3) is 11.8 Å². The summed E-state index contributed by atoms with van der Waals surface area (Å²) < 4.78 is 27.1. The maximum Gasteiger partial charge on any atom is 0.253 e. The van der Waals surface area contributed by atoms with Gasteiger partial charge in [-0.1, -0.05) is 24.3 Å². The lowest BCUT2D eigenvalue weighted by molar-refractivity contribution is 0.0827. The average molecular weight is 587 g/mol. The van der Waals surface area contributed by atoms with E-state index in [0.29, 0.717) is 46.3 Å². The highest BCUT2D eigenvalue weighted by Crippen LogP contribution is 2.32. The normalized spacial score (nSPS) is 11.3. The van der Waals surface area contributed by atoms with E-state index in [0.717, 1.165) is 16.8 Å². The monoisotopic (exact) mass is 586 g/mol. The van der Waals surface area contributed by atoms with E-state index < -0.39 is 11.4 Å². The predicted octanol–water partition coefficient (Wildman–Crippen LogP) is 5.05. The number of ether oxygens (including phenoxy) is 2. The van der Waals surface area contributed by atoms with Crippen molar-refractivity contribution in [2.45, 2.75) is 4.90 Å². The van der Waals surface area contributed by atoms with Crippen LogP contribution in [0.1, 0.15) is 20.7 Å². The Hall–Kier alpha value is -4.67. The molecule has 4 aromatic rings. The fourth-order valence-electron chi connectivity index (χ4n) is 4.17. The second-order valence-corrected chi connectivity index (χ2v) is 10.7. The van der Waals surface area contributed by atoms with E-state index in [1.54, 1.807) is 63.7 Å². The molecule has 218 valence electrons. The molecular formula is C32H34N4O5S. The first-order valence-corrected chi connectivity index (χ1v) is 14.4. The van der Waals surface area contributed by atoms with Gasteiger partial charge in [-0.25, -0.2) is 4.72 Å². The number of amides is 2. The number of anilines is 2. The van der Waals surface area contributed by atoms with Crippen molar-refractivity contribution in [2.75, 3.05) is 51.4 Å². The van der Waals surface area contributed by atoms with Gasteiger partial charge in [0.15, 0.2) is 5.75 Å². The Morgan fingerprint density at radius 3 is 2.21 bits per heavy atom. The summed E-state index contributed by atoms with van der Waals surface area (Å²) in [5.41, 5.74) is 4.21. The largest absolute Gasteiger partial charge is 0.588 e. The molecule has 1 atom stereocenters. The van der Waals surface area contributed by atoms with Gasteiger partial charge < -0.3 is 29.6 Å². The lowest BCUT2D eigenvalue weighted by Gasteiger charge is -2.16. The molecule has 1 unspecified atom stereocenters. The van der Waals surface area contributed by atoms with Crippen molar-refractivity contribution in [3.63, 3.8) is 0 Å². The molecule has 4 aromatic carbocycles. The minimum atomic E-state index is -1.64. The molecule has 4 rings (SSSR count). The van der Waals surface area contributed by atoms with Gasteiger partial charge in [-0.05, 0) is 71.8 Å². The summed E-state index contributed by atoms with van der Waals surface area (Å²) in [5.74, 6) is 0.908. The zero-order valence-electron chi connectivity index (χ0n) is 24.0. The van der Waals surface area contributed by atoms with Crippen LogP contribution in [0.25, 0.3) is 11.1 Å². The van der Waals surface area contributed by atoms with Crippen molar-refractivity contribution in [3.8, 4) is 22.6 Å². The number of hydrogen-bond donors (Lipinski definition) is 3. The van der Waals surface area contributed by atoms with Crippen LogP contribution < -0.4 is 24.8 Å². The third-order valence-electron chi connectivity index (χ3n) is 6.38. The van der Waals surface area contributed by atoms with Crippen LogP contribution in [0.4, 0.5) is 11.4 Å². The number of nitrogens with one attached hydrogen (secondary N) is 3. The summed E-state index contributed by atoms with van der Waals surface area (Å²) in [6.07, 6.45) is 0. The van der Waals surface area contributed by atoms with Crippen LogP contribution in [0.5, 0.6) is 11.5 Å². The van der Waals surface area contributed by atoms with Gasteiger partial charge >= 0.3 is 0 Å². The van der Waals surface area contributed by atoms with Crippen molar-refractivity contribution in [3.05, 3.63) is 102 Å². The van der Waals surface area contributed by atoms with Crippen molar-refractivity contribution < 1.29 is 23.6 Å². The molecule has 42 heavy (non-hydrogen) atoms. The molecule has 0 aliphatic carbocycles. The Bertz CT molecular complexity index is 1530. The lowest BCUT2D eigenvalue weighted by atomic mass is 10.0. The second kappa shape index (κ2) is 14.3. The number of methoxy groups -OCH3 is 2. The highest BCUT2D eigenvalue weighted by Gasteiger charge is 2.20. The van der Waals surface area contributed by atoms with Crippen LogP contribution in [0.3, 0.4) is 0 Å². The second-order valence-electron chi connectivity index (χ2n) is 9.51. The highest BCUT2D eigenvalue weighted by molar-refractivity contribution is 7.92. The van der Waals surface area contributed by atoms with E-state index in [-0.39, 0.29) is 11.8 Å². The zero-order chi connectivity index (χ0) is 30.1. The summed E-state index contributed by atoms with van der Waals surface area (Å²) in [6.45, 7) is 0.916. The number of benzene rings is 4. The molecule has 10 heteroatoms. The summed E-state index contributed by atoms with van der Waals surface area (Å²) in [7, 11) is 6.53. The van der Waals surface area contributed by atoms with Crippen LogP contribution >= 0.6 is 0 Å². The molecule has 0 fully saturated rings. The van der Waals surface area contributed by atoms with Crippen LogP contribution in [-0.4, -0.2) is 62.7 Å². The third kappa shape index (κ3) is 7.74. The Labute approximate surface area is 249 Å². The van der Waals surface area contributed by atoms with E-state index in [1.165, 1.54) is 12.0 Å². The van der Waals surface area contributed by atoms with Crippen molar-refractivity contribution in [1.29, 1.82) is 0 Å². The number of hydrogen-bond acceptors (Lipinski definition) is 7. The van der Waals surface area contributed by atoms with Crippen molar-refractivity contribution >= 4 is 34.6 Å². The predicted molar refractivity (Wildman–Crippen MR) is 167 cm³/mol. The average Bonchev–Trinajstić information content (AvgIpc) is 3.02. The van der Waals surface area contributed by atoms with Crippen LogP contribution in [0, 0.1) is 0 Å². The number of carbonyl (C=O) groups is 2. The van der Waals surface area contributed by atoms with Gasteiger partial charge in [-0.15, -0.1) is 0 Å². The highest BCUT2D eigenvalue weighted by atomic mass is 32.2. The molecule has 0 aliphatic rings. The zero-order valence-corrected chi connectivity index (χ0v) is 24.8. The summed E-state index contributed by atoms with van der Waals surface area (Å²) in [5, 5.41) is 6.15. The Kier molecular flexibility index (Phi) is 10.3. The van der Waals surface area contributed by atoms with Gasteiger partial charge in [0.2, 0.25) is 4.90 Å². The summed E-state index contributed by atoms with van der Waals surface area (Å²) >= 11 is -1.64. The Morgan fingerprint density at radius 1 is 0.786 bits per heavy atom.